The lowest BCUT2D eigenvalue weighted by Crippen LogP contribution is -2.50. The zero-order valence-corrected chi connectivity index (χ0v) is 21.4. The minimum Gasteiger partial charge on any atom is -0.486 e. The van der Waals surface area contributed by atoms with Crippen LogP contribution in [0.3, 0.4) is 0 Å². The molecule has 1 aliphatic rings. The first kappa shape index (κ1) is 27.4. The number of urea groups is 1. The molecule has 0 radical (unpaired) electrons. The predicted octanol–water partition coefficient (Wildman–Crippen LogP) is 2.58. The number of anilines is 2. The number of aliphatic hydroxyl groups excluding tert-OH is 1. The van der Waals surface area contributed by atoms with Crippen LogP contribution in [0.5, 0.6) is 5.75 Å². The number of aliphatic hydroxyl groups is 1. The van der Waals surface area contributed by atoms with Gasteiger partial charge in [0.05, 0.1) is 36.7 Å². The molecule has 3 amide bonds. The van der Waals surface area contributed by atoms with E-state index in [1.165, 1.54) is 36.2 Å². The number of likely N-dealkylation sites (N-methyl/N-ethyl adjacent to an activating group) is 1. The molecule has 12 heteroatoms. The van der Waals surface area contributed by atoms with E-state index in [1.54, 1.807) is 25.1 Å². The van der Waals surface area contributed by atoms with Crippen molar-refractivity contribution in [1.82, 2.24) is 9.21 Å². The fraction of sp³-hybridized carbons (Fsp3) is 0.417. The predicted molar refractivity (Wildman–Crippen MR) is 134 cm³/mol. The molecule has 0 saturated heterocycles. The van der Waals surface area contributed by atoms with Crippen molar-refractivity contribution in [2.45, 2.75) is 26.0 Å². The lowest BCUT2D eigenvalue weighted by atomic mass is 9.99. The van der Waals surface area contributed by atoms with E-state index in [4.69, 9.17) is 4.74 Å². The van der Waals surface area contributed by atoms with Gasteiger partial charge in [0.15, 0.2) is 5.75 Å². The smallest absolute Gasteiger partial charge is 0.323 e. The largest absolute Gasteiger partial charge is 0.486 e. The number of carbonyl (C=O) groups is 2. The van der Waals surface area contributed by atoms with Crippen LogP contribution in [0.2, 0.25) is 0 Å². The van der Waals surface area contributed by atoms with Crippen LogP contribution in [-0.4, -0.2) is 79.8 Å². The lowest BCUT2D eigenvalue weighted by molar-refractivity contribution is 0.0389. The number of rotatable bonds is 7. The van der Waals surface area contributed by atoms with Gasteiger partial charge in [-0.15, -0.1) is 0 Å². The van der Waals surface area contributed by atoms with Gasteiger partial charge in [0.25, 0.3) is 5.91 Å². The van der Waals surface area contributed by atoms with E-state index in [2.05, 4.69) is 10.6 Å². The van der Waals surface area contributed by atoms with Gasteiger partial charge in [-0.2, -0.15) is 0 Å². The summed E-state index contributed by atoms with van der Waals surface area (Å²) in [6.07, 6.45) is 0.415. The van der Waals surface area contributed by atoms with Crippen molar-refractivity contribution in [1.29, 1.82) is 0 Å². The Morgan fingerprint density at radius 1 is 1.25 bits per heavy atom. The molecule has 3 atom stereocenters. The standard InChI is InChI=1S/C24H31FN4O6S/c1-15-12-29(16(2)14-30)23(31)19-6-5-7-20(22(19)35-21(15)13-28(3)36(4,33)34)27-24(32)26-18-10-8-17(25)9-11-18/h5-11,15-16,21,30H,12-14H2,1-4H3,(H2,26,27,32)/t15-,16+,21-/m0/s1. The zero-order chi connectivity index (χ0) is 26.6. The van der Waals surface area contributed by atoms with Crippen molar-refractivity contribution in [3.8, 4) is 5.75 Å². The van der Waals surface area contributed by atoms with Gasteiger partial charge < -0.3 is 25.4 Å². The topological polar surface area (TPSA) is 128 Å². The number of nitrogens with one attached hydrogen (secondary N) is 2. The highest BCUT2D eigenvalue weighted by molar-refractivity contribution is 7.88. The number of halogens is 1. The van der Waals surface area contributed by atoms with E-state index in [1.807, 2.05) is 6.92 Å². The van der Waals surface area contributed by atoms with E-state index in [0.29, 0.717) is 5.69 Å². The van der Waals surface area contributed by atoms with Crippen LogP contribution >= 0.6 is 0 Å². The normalized spacial score (nSPS) is 19.1. The third kappa shape index (κ3) is 6.50. The van der Waals surface area contributed by atoms with Crippen LogP contribution < -0.4 is 15.4 Å². The van der Waals surface area contributed by atoms with Gasteiger partial charge in [-0.1, -0.05) is 13.0 Å². The van der Waals surface area contributed by atoms with E-state index < -0.39 is 39.9 Å². The van der Waals surface area contributed by atoms with Gasteiger partial charge in [0.1, 0.15) is 11.9 Å². The van der Waals surface area contributed by atoms with Crippen LogP contribution in [0.25, 0.3) is 0 Å². The SMILES string of the molecule is C[C@H](CO)N1C[C@H](C)[C@H](CN(C)S(C)(=O)=O)Oc2c(NC(=O)Nc3ccc(F)cc3)cccc2C1=O. The van der Waals surface area contributed by atoms with E-state index in [9.17, 15) is 27.5 Å². The van der Waals surface area contributed by atoms with Crippen LogP contribution in [-0.2, 0) is 10.0 Å². The molecule has 0 bridgehead atoms. The second-order valence-electron chi connectivity index (χ2n) is 8.93. The summed E-state index contributed by atoms with van der Waals surface area (Å²) in [5.41, 5.74) is 0.709. The van der Waals surface area contributed by atoms with Crippen molar-refractivity contribution >= 4 is 33.3 Å². The number of ether oxygens (including phenoxy) is 1. The van der Waals surface area contributed by atoms with Gasteiger partial charge in [-0.3, -0.25) is 4.79 Å². The molecule has 2 aromatic rings. The molecular weight excluding hydrogens is 491 g/mol. The third-order valence-corrected chi connectivity index (χ3v) is 7.33. The molecule has 0 saturated carbocycles. The highest BCUT2D eigenvalue weighted by atomic mass is 32.2. The number of sulfonamides is 1. The molecular formula is C24H31FN4O6S. The van der Waals surface area contributed by atoms with Crippen LogP contribution in [0.15, 0.2) is 42.5 Å². The summed E-state index contributed by atoms with van der Waals surface area (Å²) in [4.78, 5) is 27.6. The Kier molecular flexibility index (Phi) is 8.54. The van der Waals surface area contributed by atoms with Crippen LogP contribution in [0.4, 0.5) is 20.6 Å². The molecule has 0 aromatic heterocycles. The van der Waals surface area contributed by atoms with Gasteiger partial charge in [0.2, 0.25) is 10.0 Å². The van der Waals surface area contributed by atoms with Crippen molar-refractivity contribution in [2.24, 2.45) is 5.92 Å². The maximum atomic E-state index is 13.4. The fourth-order valence-electron chi connectivity index (χ4n) is 3.77. The molecule has 1 heterocycles. The van der Waals surface area contributed by atoms with E-state index >= 15 is 0 Å². The Morgan fingerprint density at radius 3 is 2.53 bits per heavy atom. The van der Waals surface area contributed by atoms with E-state index in [-0.39, 0.29) is 42.6 Å². The van der Waals surface area contributed by atoms with Crippen molar-refractivity contribution in [2.75, 3.05) is 43.6 Å². The van der Waals surface area contributed by atoms with Gasteiger partial charge in [-0.05, 0) is 43.3 Å². The summed E-state index contributed by atoms with van der Waals surface area (Å²) in [7, 11) is -2.07. The molecule has 3 rings (SSSR count). The first-order chi connectivity index (χ1) is 16.9. The summed E-state index contributed by atoms with van der Waals surface area (Å²) < 4.78 is 44.7. The van der Waals surface area contributed by atoms with Gasteiger partial charge >= 0.3 is 6.03 Å². The molecule has 0 spiro atoms. The molecule has 0 fully saturated rings. The van der Waals surface area contributed by atoms with Crippen molar-refractivity contribution < 1.29 is 32.2 Å². The van der Waals surface area contributed by atoms with Crippen molar-refractivity contribution in [3.05, 3.63) is 53.8 Å². The van der Waals surface area contributed by atoms with Crippen LogP contribution in [0.1, 0.15) is 24.2 Å². The number of hydrogen-bond donors (Lipinski definition) is 3. The molecule has 0 unspecified atom stereocenters. The minimum atomic E-state index is -3.51. The second kappa shape index (κ2) is 11.2. The Balaban J connectivity index is 1.99. The maximum absolute atomic E-state index is 13.4. The van der Waals surface area contributed by atoms with Crippen molar-refractivity contribution in [3.63, 3.8) is 0 Å². The summed E-state index contributed by atoms with van der Waals surface area (Å²) in [5, 5.41) is 15.0. The summed E-state index contributed by atoms with van der Waals surface area (Å²) in [6.45, 7) is 3.51. The number of amides is 3. The zero-order valence-electron chi connectivity index (χ0n) is 20.6. The van der Waals surface area contributed by atoms with Gasteiger partial charge in [-0.25, -0.2) is 21.9 Å². The average Bonchev–Trinajstić information content (AvgIpc) is 2.82. The summed E-state index contributed by atoms with van der Waals surface area (Å²) >= 11 is 0. The molecule has 196 valence electrons. The number of para-hydroxylation sites is 1. The fourth-order valence-corrected chi connectivity index (χ4v) is 4.18. The minimum absolute atomic E-state index is 0.00505. The number of hydrogen-bond acceptors (Lipinski definition) is 6. The Bertz CT molecular complexity index is 1210. The van der Waals surface area contributed by atoms with E-state index in [0.717, 1.165) is 10.6 Å². The average molecular weight is 523 g/mol. The maximum Gasteiger partial charge on any atom is 0.323 e. The molecule has 2 aromatic carbocycles. The third-order valence-electron chi connectivity index (χ3n) is 6.04. The van der Waals surface area contributed by atoms with Crippen LogP contribution in [0, 0.1) is 11.7 Å². The molecule has 36 heavy (non-hydrogen) atoms. The quantitative estimate of drug-likeness (QED) is 0.513. The number of fused-ring (bicyclic) bond motifs is 1. The molecule has 10 nitrogen and oxygen atoms in total. The Morgan fingerprint density at radius 2 is 1.92 bits per heavy atom. The second-order valence-corrected chi connectivity index (χ2v) is 11.0. The number of carbonyl (C=O) groups excluding carboxylic acids is 2. The summed E-state index contributed by atoms with van der Waals surface area (Å²) in [5.74, 6) is -1.07. The number of benzene rings is 2. The lowest BCUT2D eigenvalue weighted by Gasteiger charge is -2.38. The summed E-state index contributed by atoms with van der Waals surface area (Å²) in [6, 6.07) is 8.75. The molecule has 3 N–H and O–H groups in total. The molecule has 0 aliphatic carbocycles. The first-order valence-corrected chi connectivity index (χ1v) is 13.2. The molecule has 1 aliphatic heterocycles. The monoisotopic (exact) mass is 522 g/mol. The highest BCUT2D eigenvalue weighted by Crippen LogP contribution is 2.35. The van der Waals surface area contributed by atoms with Gasteiger partial charge in [0, 0.05) is 25.2 Å². The Hall–Kier alpha value is -3.22. The Labute approximate surface area is 210 Å². The highest BCUT2D eigenvalue weighted by Gasteiger charge is 2.35. The number of nitrogens with zero attached hydrogens (tertiary/aromatic N) is 2. The first-order valence-electron chi connectivity index (χ1n) is 11.4.